The van der Waals surface area contributed by atoms with E-state index in [1.54, 1.807) is 0 Å². The molecule has 0 spiro atoms. The molecule has 2 fully saturated rings. The highest BCUT2D eigenvalue weighted by molar-refractivity contribution is 7.09. The number of hydrogen-bond acceptors (Lipinski definition) is 3. The van der Waals surface area contributed by atoms with E-state index in [4.69, 9.17) is 4.98 Å². The van der Waals surface area contributed by atoms with Gasteiger partial charge in [0.2, 0.25) is 0 Å². The molecule has 1 N–H and O–H groups in total. The predicted octanol–water partition coefficient (Wildman–Crippen LogP) is 4.39. The average molecular weight is 278 g/mol. The zero-order valence-corrected chi connectivity index (χ0v) is 12.9. The van der Waals surface area contributed by atoms with Gasteiger partial charge < -0.3 is 5.32 Å². The molecule has 2 aliphatic rings. The summed E-state index contributed by atoms with van der Waals surface area (Å²) in [5.41, 5.74) is 1.40. The largest absolute Gasteiger partial charge is 0.305 e. The summed E-state index contributed by atoms with van der Waals surface area (Å²) in [5.74, 6) is 0.910. The molecule has 3 rings (SSSR count). The lowest BCUT2D eigenvalue weighted by Gasteiger charge is -2.32. The molecule has 0 saturated heterocycles. The molecular weight excluding hydrogens is 252 g/mol. The van der Waals surface area contributed by atoms with Gasteiger partial charge in [-0.1, -0.05) is 32.1 Å². The number of hydrogen-bond donors (Lipinski definition) is 1. The lowest BCUT2D eigenvalue weighted by molar-refractivity contribution is 0.271. The third kappa shape index (κ3) is 3.03. The van der Waals surface area contributed by atoms with Crippen LogP contribution in [0.4, 0.5) is 0 Å². The van der Waals surface area contributed by atoms with Gasteiger partial charge in [-0.3, -0.25) is 0 Å². The van der Waals surface area contributed by atoms with E-state index in [0.717, 1.165) is 5.92 Å². The first-order valence-electron chi connectivity index (χ1n) is 7.96. The first-order valence-corrected chi connectivity index (χ1v) is 8.84. The Morgan fingerprint density at radius 1 is 1.21 bits per heavy atom. The summed E-state index contributed by atoms with van der Waals surface area (Å²) in [4.78, 5) is 4.78. The summed E-state index contributed by atoms with van der Waals surface area (Å²) in [6.07, 6.45) is 12.5. The Balaban J connectivity index is 1.66. The quantitative estimate of drug-likeness (QED) is 0.883. The van der Waals surface area contributed by atoms with Gasteiger partial charge in [0, 0.05) is 11.1 Å². The van der Waals surface area contributed by atoms with Crippen molar-refractivity contribution >= 4 is 11.3 Å². The van der Waals surface area contributed by atoms with Gasteiger partial charge in [0.05, 0.1) is 5.54 Å². The fourth-order valence-corrected chi connectivity index (χ4v) is 4.78. The molecule has 1 heterocycles. The second-order valence-electron chi connectivity index (χ2n) is 6.47. The first kappa shape index (κ1) is 13.6. The molecule has 0 atom stereocenters. The second kappa shape index (κ2) is 5.92. The Labute approximate surface area is 121 Å². The Kier molecular flexibility index (Phi) is 4.23. The van der Waals surface area contributed by atoms with Crippen molar-refractivity contribution in [3.8, 4) is 0 Å². The van der Waals surface area contributed by atoms with Crippen molar-refractivity contribution < 1.29 is 0 Å². The van der Waals surface area contributed by atoms with Crippen molar-refractivity contribution in [2.24, 2.45) is 5.92 Å². The number of aryl methyl sites for hydroxylation is 1. The lowest BCUT2D eigenvalue weighted by Crippen LogP contribution is -2.42. The minimum Gasteiger partial charge on any atom is -0.305 e. The smallest absolute Gasteiger partial charge is 0.113 e. The number of thiazole rings is 1. The summed E-state index contributed by atoms with van der Waals surface area (Å²) in [5, 5.41) is 7.49. The fourth-order valence-electron chi connectivity index (χ4n) is 3.75. The van der Waals surface area contributed by atoms with Crippen LogP contribution in [0.1, 0.15) is 68.5 Å². The highest BCUT2D eigenvalue weighted by atomic mass is 32.1. The highest BCUT2D eigenvalue weighted by Gasteiger charge is 2.38. The van der Waals surface area contributed by atoms with Crippen LogP contribution >= 0.6 is 11.3 Å². The van der Waals surface area contributed by atoms with Crippen LogP contribution in [0.15, 0.2) is 5.38 Å². The van der Waals surface area contributed by atoms with E-state index < -0.39 is 0 Å². The summed E-state index contributed by atoms with van der Waals surface area (Å²) >= 11 is 1.86. The Morgan fingerprint density at radius 2 is 1.95 bits per heavy atom. The van der Waals surface area contributed by atoms with E-state index in [9.17, 15) is 0 Å². The molecule has 1 aromatic heterocycles. The molecule has 106 valence electrons. The number of rotatable bonds is 4. The number of nitrogens with one attached hydrogen (secondary N) is 1. The van der Waals surface area contributed by atoms with E-state index in [0.29, 0.717) is 0 Å². The van der Waals surface area contributed by atoms with E-state index >= 15 is 0 Å². The van der Waals surface area contributed by atoms with E-state index in [2.05, 4.69) is 17.6 Å². The Hall–Kier alpha value is -0.410. The molecule has 1 aromatic rings. The zero-order valence-electron chi connectivity index (χ0n) is 12.1. The lowest BCUT2D eigenvalue weighted by atomic mass is 9.88. The van der Waals surface area contributed by atoms with Gasteiger partial charge in [0.15, 0.2) is 0 Å². The third-order valence-electron chi connectivity index (χ3n) is 4.94. The normalized spacial score (nSPS) is 23.8. The maximum atomic E-state index is 4.78. The van der Waals surface area contributed by atoms with E-state index in [1.807, 2.05) is 11.3 Å². The Bertz CT molecular complexity index is 401. The number of aromatic nitrogens is 1. The average Bonchev–Trinajstić information content (AvgIpc) is 3.07. The molecule has 0 radical (unpaired) electrons. The van der Waals surface area contributed by atoms with Crippen molar-refractivity contribution in [2.75, 3.05) is 6.54 Å². The van der Waals surface area contributed by atoms with Crippen LogP contribution in [-0.2, 0) is 5.54 Å². The van der Waals surface area contributed by atoms with Crippen molar-refractivity contribution in [1.82, 2.24) is 10.3 Å². The molecular formula is C16H26N2S. The number of nitrogens with zero attached hydrogens (tertiary/aromatic N) is 1. The van der Waals surface area contributed by atoms with Crippen LogP contribution in [0, 0.1) is 12.8 Å². The fraction of sp³-hybridized carbons (Fsp3) is 0.812. The molecule has 0 unspecified atom stereocenters. The monoisotopic (exact) mass is 278 g/mol. The van der Waals surface area contributed by atoms with Gasteiger partial charge in [-0.05, 0) is 45.1 Å². The van der Waals surface area contributed by atoms with E-state index in [1.165, 1.54) is 75.0 Å². The molecule has 0 aromatic carbocycles. The molecule has 0 amide bonds. The minimum atomic E-state index is 0.219. The molecule has 3 heteroatoms. The standard InChI is InChI=1S/C16H26N2S/c1-13-12-19-15(18-13)16(9-5-6-10-16)17-11-14-7-3-2-4-8-14/h12,14,17H,2-11H2,1H3. The predicted molar refractivity (Wildman–Crippen MR) is 81.6 cm³/mol. The van der Waals surface area contributed by atoms with Gasteiger partial charge in [-0.2, -0.15) is 0 Å². The van der Waals surface area contributed by atoms with Crippen LogP contribution in [0.5, 0.6) is 0 Å². The topological polar surface area (TPSA) is 24.9 Å². The Morgan fingerprint density at radius 3 is 2.58 bits per heavy atom. The second-order valence-corrected chi connectivity index (χ2v) is 7.33. The van der Waals surface area contributed by atoms with Crippen LogP contribution in [0.2, 0.25) is 0 Å². The molecule has 2 aliphatic carbocycles. The molecule has 0 bridgehead atoms. The zero-order chi connectivity index (χ0) is 13.1. The summed E-state index contributed by atoms with van der Waals surface area (Å²) in [7, 11) is 0. The summed E-state index contributed by atoms with van der Waals surface area (Å²) in [6.45, 7) is 3.32. The SMILES string of the molecule is Cc1csc(C2(NCC3CCCCC3)CCCC2)n1. The van der Waals surface area contributed by atoms with Gasteiger partial charge >= 0.3 is 0 Å². The van der Waals surface area contributed by atoms with Crippen molar-refractivity contribution in [3.63, 3.8) is 0 Å². The van der Waals surface area contributed by atoms with Gasteiger partial charge in [-0.25, -0.2) is 4.98 Å². The maximum Gasteiger partial charge on any atom is 0.113 e. The van der Waals surface area contributed by atoms with Crippen LogP contribution in [0.3, 0.4) is 0 Å². The highest BCUT2D eigenvalue weighted by Crippen LogP contribution is 2.40. The van der Waals surface area contributed by atoms with Gasteiger partial charge in [-0.15, -0.1) is 11.3 Å². The van der Waals surface area contributed by atoms with Gasteiger partial charge in [0.1, 0.15) is 5.01 Å². The van der Waals surface area contributed by atoms with Crippen molar-refractivity contribution in [1.29, 1.82) is 0 Å². The van der Waals surface area contributed by atoms with Crippen LogP contribution in [0.25, 0.3) is 0 Å². The summed E-state index contributed by atoms with van der Waals surface area (Å²) in [6, 6.07) is 0. The van der Waals surface area contributed by atoms with Crippen LogP contribution < -0.4 is 5.32 Å². The van der Waals surface area contributed by atoms with E-state index in [-0.39, 0.29) is 5.54 Å². The summed E-state index contributed by atoms with van der Waals surface area (Å²) < 4.78 is 0. The van der Waals surface area contributed by atoms with Gasteiger partial charge in [0.25, 0.3) is 0 Å². The van der Waals surface area contributed by atoms with Crippen LogP contribution in [-0.4, -0.2) is 11.5 Å². The molecule has 19 heavy (non-hydrogen) atoms. The third-order valence-corrected chi connectivity index (χ3v) is 6.10. The molecule has 2 nitrogen and oxygen atoms in total. The minimum absolute atomic E-state index is 0.219. The molecule has 0 aliphatic heterocycles. The van der Waals surface area contributed by atoms with Crippen molar-refractivity contribution in [3.05, 3.63) is 16.1 Å². The maximum absolute atomic E-state index is 4.78. The van der Waals surface area contributed by atoms with Crippen molar-refractivity contribution in [2.45, 2.75) is 70.3 Å². The molecule has 2 saturated carbocycles. The first-order chi connectivity index (χ1) is 9.28.